The van der Waals surface area contributed by atoms with E-state index in [9.17, 15) is 0 Å². The Kier molecular flexibility index (Phi) is 5.22. The molecule has 1 aromatic carbocycles. The van der Waals surface area contributed by atoms with Crippen LogP contribution in [0.5, 0.6) is 0 Å². The molecule has 1 aliphatic carbocycles. The second kappa shape index (κ2) is 7.83. The average molecular weight is 418 g/mol. The minimum absolute atomic E-state index is 0.171. The SMILES string of the molecule is S=[P@]1(OC[C@H]2CCCO2)C2=C(N3CCCC3)CCC=C2NN1c1ccccc1. The van der Waals surface area contributed by atoms with Crippen LogP contribution >= 0.6 is 6.42 Å². The number of fused-ring (bicyclic) bond motifs is 1. The fourth-order valence-electron chi connectivity index (χ4n) is 4.58. The van der Waals surface area contributed by atoms with Crippen LogP contribution in [0.1, 0.15) is 38.5 Å². The van der Waals surface area contributed by atoms with Crippen LogP contribution in [0.4, 0.5) is 5.69 Å². The van der Waals surface area contributed by atoms with Gasteiger partial charge in [-0.3, -0.25) is 5.43 Å². The summed E-state index contributed by atoms with van der Waals surface area (Å²) in [5.41, 5.74) is 7.26. The third-order valence-electron chi connectivity index (χ3n) is 5.98. The van der Waals surface area contributed by atoms with Gasteiger partial charge in [-0.05, 0) is 62.5 Å². The number of ether oxygens (including phenoxy) is 1. The minimum atomic E-state index is -2.45. The van der Waals surface area contributed by atoms with Crippen LogP contribution in [0.3, 0.4) is 0 Å². The maximum Gasteiger partial charge on any atom is 0.208 e. The normalized spacial score (nSPS) is 29.9. The lowest BCUT2D eigenvalue weighted by Gasteiger charge is -2.32. The number of rotatable bonds is 5. The number of hydrogen-bond acceptors (Lipinski definition) is 5. The zero-order chi connectivity index (χ0) is 19.0. The Balaban J connectivity index is 1.55. The standard InChI is InChI=1S/C21H28N3O2PS/c28-27(26-16-18-10-7-15-25-18)21-19(22-24(27)17-8-2-1-3-9-17)11-6-12-20(21)23-13-4-5-14-23/h1-3,8-9,11,18,22H,4-7,10,12-16H2/t18-,27-/m1/s1. The number of allylic oxidation sites excluding steroid dienone is 3. The van der Waals surface area contributed by atoms with Gasteiger partial charge < -0.3 is 14.2 Å². The molecule has 3 fully saturated rings. The molecule has 5 nitrogen and oxygen atoms in total. The van der Waals surface area contributed by atoms with Crippen LogP contribution in [0.2, 0.25) is 0 Å². The molecule has 150 valence electrons. The summed E-state index contributed by atoms with van der Waals surface area (Å²) in [6.45, 7) is 3.69. The number of benzene rings is 1. The van der Waals surface area contributed by atoms with Gasteiger partial charge in [-0.25, -0.2) is 4.78 Å². The smallest absolute Gasteiger partial charge is 0.208 e. The lowest BCUT2D eigenvalue weighted by molar-refractivity contribution is 0.0721. The van der Waals surface area contributed by atoms with Gasteiger partial charge in [-0.1, -0.05) is 24.3 Å². The lowest BCUT2D eigenvalue weighted by Crippen LogP contribution is -2.28. The third-order valence-corrected chi connectivity index (χ3v) is 9.75. The Morgan fingerprint density at radius 3 is 2.75 bits per heavy atom. The maximum atomic E-state index is 6.64. The molecular formula is C21H28N3O2PS. The molecule has 2 atom stereocenters. The van der Waals surface area contributed by atoms with Crippen LogP contribution in [-0.2, 0) is 21.1 Å². The Hall–Kier alpha value is -1.33. The highest BCUT2D eigenvalue weighted by Gasteiger charge is 2.45. The van der Waals surface area contributed by atoms with E-state index in [2.05, 4.69) is 45.4 Å². The van der Waals surface area contributed by atoms with Crippen molar-refractivity contribution in [2.75, 3.05) is 31.1 Å². The van der Waals surface area contributed by atoms with Gasteiger partial charge in [0.15, 0.2) is 0 Å². The molecule has 4 aliphatic rings. The van der Waals surface area contributed by atoms with Crippen LogP contribution in [0, 0.1) is 0 Å². The first-order valence-corrected chi connectivity index (χ1v) is 13.1. The van der Waals surface area contributed by atoms with Crippen LogP contribution in [-0.4, -0.2) is 37.3 Å². The molecule has 0 unspecified atom stereocenters. The molecule has 28 heavy (non-hydrogen) atoms. The summed E-state index contributed by atoms with van der Waals surface area (Å²) in [7, 11) is 0. The Labute approximate surface area is 172 Å². The van der Waals surface area contributed by atoms with Gasteiger partial charge in [0, 0.05) is 25.4 Å². The topological polar surface area (TPSA) is 37.0 Å². The molecule has 1 aromatic rings. The summed E-state index contributed by atoms with van der Waals surface area (Å²) in [6, 6.07) is 10.4. The van der Waals surface area contributed by atoms with E-state index in [4.69, 9.17) is 21.1 Å². The van der Waals surface area contributed by atoms with Crippen molar-refractivity contribution in [2.24, 2.45) is 0 Å². The molecule has 1 N–H and O–H groups in total. The lowest BCUT2D eigenvalue weighted by atomic mass is 10.1. The van der Waals surface area contributed by atoms with Crippen molar-refractivity contribution in [1.29, 1.82) is 0 Å². The highest BCUT2D eigenvalue weighted by atomic mass is 32.4. The summed E-state index contributed by atoms with van der Waals surface area (Å²) in [5.74, 6) is 0. The van der Waals surface area contributed by atoms with Crippen molar-refractivity contribution in [3.63, 3.8) is 0 Å². The van der Waals surface area contributed by atoms with Crippen molar-refractivity contribution in [3.8, 4) is 0 Å². The molecule has 7 heteroatoms. The molecule has 0 aromatic heterocycles. The molecule has 5 rings (SSSR count). The monoisotopic (exact) mass is 417 g/mol. The number of hydrazine groups is 1. The van der Waals surface area contributed by atoms with Crippen molar-refractivity contribution in [1.82, 2.24) is 10.3 Å². The van der Waals surface area contributed by atoms with E-state index < -0.39 is 6.42 Å². The molecule has 0 saturated carbocycles. The van der Waals surface area contributed by atoms with Crippen molar-refractivity contribution < 1.29 is 9.26 Å². The number of anilines is 1. The first-order chi connectivity index (χ1) is 13.8. The summed E-state index contributed by atoms with van der Waals surface area (Å²) in [6.07, 6.45) is 6.86. The van der Waals surface area contributed by atoms with Gasteiger partial charge in [-0.15, -0.1) is 0 Å². The van der Waals surface area contributed by atoms with E-state index in [1.807, 2.05) is 6.07 Å². The largest absolute Gasteiger partial charge is 0.376 e. The van der Waals surface area contributed by atoms with E-state index in [0.29, 0.717) is 6.61 Å². The molecule has 0 radical (unpaired) electrons. The molecule has 0 bridgehead atoms. The minimum Gasteiger partial charge on any atom is -0.376 e. The first kappa shape index (κ1) is 18.7. The number of para-hydroxylation sites is 1. The van der Waals surface area contributed by atoms with Gasteiger partial charge in [0.25, 0.3) is 0 Å². The predicted octanol–water partition coefficient (Wildman–Crippen LogP) is 4.50. The van der Waals surface area contributed by atoms with Gasteiger partial charge in [0.1, 0.15) is 0 Å². The Morgan fingerprint density at radius 2 is 2.00 bits per heavy atom. The van der Waals surface area contributed by atoms with Gasteiger partial charge in [0.2, 0.25) is 6.42 Å². The van der Waals surface area contributed by atoms with Crippen LogP contribution in [0.15, 0.2) is 53.1 Å². The molecular weight excluding hydrogens is 389 g/mol. The fraction of sp³-hybridized carbons (Fsp3) is 0.524. The molecule has 3 aliphatic heterocycles. The Morgan fingerprint density at radius 1 is 1.18 bits per heavy atom. The highest BCUT2D eigenvalue weighted by molar-refractivity contribution is 8.15. The first-order valence-electron chi connectivity index (χ1n) is 10.4. The number of nitrogens with zero attached hydrogens (tertiary/aromatic N) is 2. The Bertz CT molecular complexity index is 829. The molecule has 3 heterocycles. The second-order valence-electron chi connectivity index (χ2n) is 7.86. The van der Waals surface area contributed by atoms with Crippen molar-refractivity contribution in [2.45, 2.75) is 44.6 Å². The van der Waals surface area contributed by atoms with Crippen LogP contribution in [0.25, 0.3) is 0 Å². The summed E-state index contributed by atoms with van der Waals surface area (Å²) in [5, 5.41) is 1.25. The van der Waals surface area contributed by atoms with Gasteiger partial charge in [0.05, 0.1) is 29.4 Å². The van der Waals surface area contributed by atoms with Crippen molar-refractivity contribution in [3.05, 3.63) is 53.1 Å². The van der Waals surface area contributed by atoms with E-state index in [0.717, 1.165) is 56.8 Å². The van der Waals surface area contributed by atoms with E-state index in [1.54, 1.807) is 0 Å². The highest BCUT2D eigenvalue weighted by Crippen LogP contribution is 2.67. The van der Waals surface area contributed by atoms with Gasteiger partial charge >= 0.3 is 0 Å². The molecule has 3 saturated heterocycles. The van der Waals surface area contributed by atoms with E-state index >= 15 is 0 Å². The zero-order valence-electron chi connectivity index (χ0n) is 16.2. The van der Waals surface area contributed by atoms with Crippen molar-refractivity contribution >= 4 is 23.9 Å². The fourth-order valence-corrected chi connectivity index (χ4v) is 8.29. The summed E-state index contributed by atoms with van der Waals surface area (Å²) < 4.78 is 14.6. The summed E-state index contributed by atoms with van der Waals surface area (Å²) >= 11 is 6.39. The zero-order valence-corrected chi connectivity index (χ0v) is 17.9. The van der Waals surface area contributed by atoms with Gasteiger partial charge in [-0.2, -0.15) is 0 Å². The second-order valence-corrected chi connectivity index (χ2v) is 11.5. The van der Waals surface area contributed by atoms with Crippen LogP contribution < -0.4 is 10.2 Å². The maximum absolute atomic E-state index is 6.64. The van der Waals surface area contributed by atoms with E-state index in [-0.39, 0.29) is 6.10 Å². The summed E-state index contributed by atoms with van der Waals surface area (Å²) in [4.78, 5) is 2.55. The molecule has 0 spiro atoms. The number of hydrogen-bond donors (Lipinski definition) is 1. The average Bonchev–Trinajstić information content (AvgIpc) is 3.48. The molecule has 0 amide bonds. The van der Waals surface area contributed by atoms with E-state index in [1.165, 1.54) is 23.9 Å². The number of nitrogens with one attached hydrogen (secondary N) is 1. The third kappa shape index (κ3) is 3.30. The number of likely N-dealkylation sites (tertiary alicyclic amines) is 1. The quantitative estimate of drug-likeness (QED) is 0.711. The predicted molar refractivity (Wildman–Crippen MR) is 116 cm³/mol.